The van der Waals surface area contributed by atoms with Crippen molar-refractivity contribution < 1.29 is 17.9 Å². The molecule has 1 aromatic carbocycles. The van der Waals surface area contributed by atoms with Crippen molar-refractivity contribution >= 4 is 27.3 Å². The van der Waals surface area contributed by atoms with Gasteiger partial charge in [0.2, 0.25) is 15.9 Å². The summed E-state index contributed by atoms with van der Waals surface area (Å²) in [6.07, 6.45) is 2.98. The molecule has 1 saturated carbocycles. The molecule has 2 aliphatic rings. The zero-order valence-electron chi connectivity index (χ0n) is 20.1. The normalized spacial score (nSPS) is 25.1. The summed E-state index contributed by atoms with van der Waals surface area (Å²) in [5, 5.41) is 3.04. The number of morpholine rings is 1. The first-order valence-electron chi connectivity index (χ1n) is 11.8. The number of rotatable bonds is 6. The lowest BCUT2D eigenvalue weighted by atomic mass is 9.86. The molecule has 1 unspecified atom stereocenters. The molecule has 2 fully saturated rings. The number of nitrogens with one attached hydrogen (secondary N) is 2. The van der Waals surface area contributed by atoms with Crippen LogP contribution in [0.5, 0.6) is 0 Å². The standard InChI is InChI=1S/C24H39N3O4S/c1-17(2)22-16-27(14-15-31-22)21-12-10-19(11-13-21)25-23(28)18-6-8-20(9-7-18)26-32(29,30)24(3,4)5/h10-13,17-18,20,22,26H,6-9,14-16H2,1-5H3,(H,25,28). The quantitative estimate of drug-likeness (QED) is 0.668. The smallest absolute Gasteiger partial charge is 0.227 e. The van der Waals surface area contributed by atoms with Gasteiger partial charge in [0.25, 0.3) is 0 Å². The van der Waals surface area contributed by atoms with E-state index in [9.17, 15) is 13.2 Å². The van der Waals surface area contributed by atoms with E-state index in [1.165, 1.54) is 0 Å². The van der Waals surface area contributed by atoms with Crippen LogP contribution in [0.15, 0.2) is 24.3 Å². The lowest BCUT2D eigenvalue weighted by Crippen LogP contribution is -2.46. The molecule has 8 heteroatoms. The highest BCUT2D eigenvalue weighted by Gasteiger charge is 2.34. The predicted molar refractivity (Wildman–Crippen MR) is 129 cm³/mol. The predicted octanol–water partition coefficient (Wildman–Crippen LogP) is 3.76. The summed E-state index contributed by atoms with van der Waals surface area (Å²) < 4.78 is 32.6. The number of carbonyl (C=O) groups is 1. The van der Waals surface area contributed by atoms with Crippen molar-refractivity contribution in [3.8, 4) is 0 Å². The molecule has 1 amide bonds. The van der Waals surface area contributed by atoms with Gasteiger partial charge in [0.05, 0.1) is 17.5 Å². The van der Waals surface area contributed by atoms with Crippen molar-refractivity contribution in [3.63, 3.8) is 0 Å². The van der Waals surface area contributed by atoms with Gasteiger partial charge in [-0.2, -0.15) is 0 Å². The molecule has 0 bridgehead atoms. The fourth-order valence-corrected chi connectivity index (χ4v) is 5.21. The fraction of sp³-hybridized carbons (Fsp3) is 0.708. The number of sulfonamides is 1. The van der Waals surface area contributed by atoms with Crippen LogP contribution in [-0.2, 0) is 19.6 Å². The van der Waals surface area contributed by atoms with Crippen LogP contribution < -0.4 is 14.9 Å². The molecule has 180 valence electrons. The van der Waals surface area contributed by atoms with Crippen LogP contribution in [0.1, 0.15) is 60.3 Å². The van der Waals surface area contributed by atoms with Crippen LogP contribution in [-0.4, -0.2) is 50.9 Å². The monoisotopic (exact) mass is 465 g/mol. The summed E-state index contributed by atoms with van der Waals surface area (Å²) in [4.78, 5) is 15.1. The lowest BCUT2D eigenvalue weighted by molar-refractivity contribution is -0.120. The molecule has 1 aliphatic carbocycles. The van der Waals surface area contributed by atoms with Crippen molar-refractivity contribution in [3.05, 3.63) is 24.3 Å². The minimum atomic E-state index is -3.37. The van der Waals surface area contributed by atoms with E-state index >= 15 is 0 Å². The summed E-state index contributed by atoms with van der Waals surface area (Å²) in [6.45, 7) is 11.9. The molecular formula is C24H39N3O4S. The Morgan fingerprint density at radius 2 is 1.72 bits per heavy atom. The van der Waals surface area contributed by atoms with Crippen LogP contribution in [0.2, 0.25) is 0 Å². The minimum absolute atomic E-state index is 0.0149. The molecule has 0 radical (unpaired) electrons. The molecule has 32 heavy (non-hydrogen) atoms. The van der Waals surface area contributed by atoms with Gasteiger partial charge in [0, 0.05) is 36.4 Å². The third-order valence-electron chi connectivity index (χ3n) is 6.56. The van der Waals surface area contributed by atoms with E-state index < -0.39 is 14.8 Å². The molecule has 2 N–H and O–H groups in total. The summed E-state index contributed by atoms with van der Waals surface area (Å²) in [5.41, 5.74) is 1.94. The van der Waals surface area contributed by atoms with Crippen molar-refractivity contribution in [1.29, 1.82) is 0 Å². The van der Waals surface area contributed by atoms with Gasteiger partial charge >= 0.3 is 0 Å². The molecule has 1 heterocycles. The maximum absolute atomic E-state index is 12.7. The molecule has 7 nitrogen and oxygen atoms in total. The van der Waals surface area contributed by atoms with Gasteiger partial charge in [0.1, 0.15) is 0 Å². The number of benzene rings is 1. The number of hydrogen-bond donors (Lipinski definition) is 2. The van der Waals surface area contributed by atoms with Crippen molar-refractivity contribution in [2.45, 2.75) is 77.2 Å². The molecular weight excluding hydrogens is 426 g/mol. The SMILES string of the molecule is CC(C)C1CN(c2ccc(NC(=O)C3CCC(NS(=O)(=O)C(C)(C)C)CC3)cc2)CCO1. The zero-order valence-corrected chi connectivity index (χ0v) is 20.9. The number of anilines is 2. The Morgan fingerprint density at radius 3 is 2.28 bits per heavy atom. The fourth-order valence-electron chi connectivity index (χ4n) is 4.18. The largest absolute Gasteiger partial charge is 0.374 e. The second-order valence-electron chi connectivity index (χ2n) is 10.4. The first-order valence-corrected chi connectivity index (χ1v) is 13.2. The summed E-state index contributed by atoms with van der Waals surface area (Å²) in [5.74, 6) is 0.410. The van der Waals surface area contributed by atoms with Gasteiger partial charge in [0.15, 0.2) is 0 Å². The van der Waals surface area contributed by atoms with E-state index in [2.05, 4.69) is 40.9 Å². The Hall–Kier alpha value is -1.64. The van der Waals surface area contributed by atoms with Crippen molar-refractivity contribution in [2.75, 3.05) is 29.9 Å². The van der Waals surface area contributed by atoms with E-state index in [0.717, 1.165) is 31.1 Å². The molecule has 1 saturated heterocycles. The summed E-state index contributed by atoms with van der Waals surface area (Å²) >= 11 is 0. The minimum Gasteiger partial charge on any atom is -0.374 e. The number of amides is 1. The zero-order chi connectivity index (χ0) is 23.5. The highest BCUT2D eigenvalue weighted by atomic mass is 32.2. The highest BCUT2D eigenvalue weighted by molar-refractivity contribution is 7.90. The van der Waals surface area contributed by atoms with Gasteiger partial charge in [-0.25, -0.2) is 13.1 Å². The van der Waals surface area contributed by atoms with Crippen LogP contribution >= 0.6 is 0 Å². The Morgan fingerprint density at radius 1 is 1.09 bits per heavy atom. The van der Waals surface area contributed by atoms with E-state index in [1.807, 2.05) is 12.1 Å². The van der Waals surface area contributed by atoms with Gasteiger partial charge < -0.3 is 15.0 Å². The van der Waals surface area contributed by atoms with Crippen LogP contribution in [0.3, 0.4) is 0 Å². The number of carbonyl (C=O) groups excluding carboxylic acids is 1. The van der Waals surface area contributed by atoms with Crippen molar-refractivity contribution in [2.24, 2.45) is 11.8 Å². The van der Waals surface area contributed by atoms with Gasteiger partial charge in [-0.3, -0.25) is 4.79 Å². The molecule has 0 aromatic heterocycles. The van der Waals surface area contributed by atoms with E-state index in [0.29, 0.717) is 31.6 Å². The molecule has 1 atom stereocenters. The third-order valence-corrected chi connectivity index (χ3v) is 8.82. The third kappa shape index (κ3) is 6.23. The highest BCUT2D eigenvalue weighted by Crippen LogP contribution is 2.28. The maximum Gasteiger partial charge on any atom is 0.227 e. The molecule has 1 aromatic rings. The average molecular weight is 466 g/mol. The average Bonchev–Trinajstić information content (AvgIpc) is 2.74. The Labute approximate surface area is 193 Å². The lowest BCUT2D eigenvalue weighted by Gasteiger charge is -2.36. The van der Waals surface area contributed by atoms with E-state index in [-0.39, 0.29) is 24.0 Å². The van der Waals surface area contributed by atoms with Crippen molar-refractivity contribution in [1.82, 2.24) is 4.72 Å². The molecule has 0 spiro atoms. The second kappa shape index (κ2) is 10.1. The first kappa shape index (κ1) is 25.0. The molecule has 3 rings (SSSR count). The molecule has 1 aliphatic heterocycles. The first-order chi connectivity index (χ1) is 15.0. The Kier molecular flexibility index (Phi) is 7.89. The number of hydrogen-bond acceptors (Lipinski definition) is 5. The number of ether oxygens (including phenoxy) is 1. The van der Waals surface area contributed by atoms with E-state index in [4.69, 9.17) is 4.74 Å². The van der Waals surface area contributed by atoms with Gasteiger partial charge in [-0.1, -0.05) is 13.8 Å². The maximum atomic E-state index is 12.7. The van der Waals surface area contributed by atoms with Crippen LogP contribution in [0, 0.1) is 11.8 Å². The second-order valence-corrected chi connectivity index (χ2v) is 12.9. The van der Waals surface area contributed by atoms with Crippen LogP contribution in [0.4, 0.5) is 11.4 Å². The van der Waals surface area contributed by atoms with Gasteiger partial charge in [-0.15, -0.1) is 0 Å². The topological polar surface area (TPSA) is 87.7 Å². The Bertz CT molecular complexity index is 870. The summed E-state index contributed by atoms with van der Waals surface area (Å²) in [6, 6.07) is 7.92. The van der Waals surface area contributed by atoms with Crippen LogP contribution in [0.25, 0.3) is 0 Å². The Balaban J connectivity index is 1.49. The van der Waals surface area contributed by atoms with Gasteiger partial charge in [-0.05, 0) is 76.6 Å². The summed E-state index contributed by atoms with van der Waals surface area (Å²) in [7, 11) is -3.37. The van der Waals surface area contributed by atoms with E-state index in [1.54, 1.807) is 20.8 Å². The number of nitrogens with zero attached hydrogens (tertiary/aromatic N) is 1.